The Hall–Kier alpha value is 0.527. The van der Waals surface area contributed by atoms with Crippen molar-refractivity contribution < 1.29 is 4.43 Å². The van der Waals surface area contributed by atoms with Crippen LogP contribution in [-0.2, 0) is 4.43 Å². The standard InChI is InChI=1S/C12H28OSSi/c1-5-7-8-9-12(14)10-11-15(3,4)13-6-2/h12,14H,5-11H2,1-4H3. The molecule has 0 spiro atoms. The first kappa shape index (κ1) is 15.5. The van der Waals surface area contributed by atoms with Crippen molar-refractivity contribution in [3.8, 4) is 0 Å². The number of unbranched alkanes of at least 4 members (excludes halogenated alkanes) is 2. The number of rotatable bonds is 9. The lowest BCUT2D eigenvalue weighted by Gasteiger charge is -2.23. The molecule has 0 aromatic rings. The molecule has 0 aliphatic carbocycles. The highest BCUT2D eigenvalue weighted by molar-refractivity contribution is 7.80. The molecule has 1 atom stereocenters. The molecule has 1 unspecified atom stereocenters. The summed E-state index contributed by atoms with van der Waals surface area (Å²) in [7, 11) is -1.36. The number of hydrogen-bond donors (Lipinski definition) is 1. The predicted molar refractivity (Wildman–Crippen MR) is 75.4 cm³/mol. The van der Waals surface area contributed by atoms with E-state index in [1.807, 2.05) is 0 Å². The smallest absolute Gasteiger partial charge is 0.186 e. The minimum atomic E-state index is -1.36. The molecule has 0 N–H and O–H groups in total. The van der Waals surface area contributed by atoms with Crippen LogP contribution in [0.1, 0.15) is 46.0 Å². The van der Waals surface area contributed by atoms with E-state index in [2.05, 4.69) is 39.6 Å². The summed E-state index contributed by atoms with van der Waals surface area (Å²) in [5.41, 5.74) is 0. The summed E-state index contributed by atoms with van der Waals surface area (Å²) < 4.78 is 5.81. The summed E-state index contributed by atoms with van der Waals surface area (Å²) in [4.78, 5) is 0. The molecule has 0 aliphatic heterocycles. The van der Waals surface area contributed by atoms with Crippen molar-refractivity contribution in [3.05, 3.63) is 0 Å². The number of thiol groups is 1. The van der Waals surface area contributed by atoms with Crippen molar-refractivity contribution in [1.29, 1.82) is 0 Å². The van der Waals surface area contributed by atoms with Gasteiger partial charge in [-0.1, -0.05) is 26.2 Å². The van der Waals surface area contributed by atoms with Crippen molar-refractivity contribution in [2.75, 3.05) is 6.61 Å². The van der Waals surface area contributed by atoms with E-state index in [0.717, 1.165) is 6.61 Å². The Kier molecular flexibility index (Phi) is 8.96. The van der Waals surface area contributed by atoms with Gasteiger partial charge >= 0.3 is 0 Å². The molecule has 1 nitrogen and oxygen atoms in total. The van der Waals surface area contributed by atoms with E-state index in [1.165, 1.54) is 38.1 Å². The van der Waals surface area contributed by atoms with Gasteiger partial charge in [-0.3, -0.25) is 0 Å². The third kappa shape index (κ3) is 9.46. The highest BCUT2D eigenvalue weighted by Crippen LogP contribution is 2.20. The van der Waals surface area contributed by atoms with Gasteiger partial charge in [-0.25, -0.2) is 0 Å². The molecular weight excluding hydrogens is 220 g/mol. The molecule has 0 aliphatic rings. The molecule has 0 bridgehead atoms. The SMILES string of the molecule is CCCCCC(S)CC[Si](C)(C)OCC. The maximum Gasteiger partial charge on any atom is 0.186 e. The Bertz CT molecular complexity index is 151. The van der Waals surface area contributed by atoms with Crippen LogP contribution in [0.5, 0.6) is 0 Å². The van der Waals surface area contributed by atoms with Gasteiger partial charge in [0.05, 0.1) is 0 Å². The summed E-state index contributed by atoms with van der Waals surface area (Å²) in [6, 6.07) is 1.25. The topological polar surface area (TPSA) is 9.23 Å². The Morgan fingerprint density at radius 3 is 2.33 bits per heavy atom. The van der Waals surface area contributed by atoms with Crippen LogP contribution in [0.3, 0.4) is 0 Å². The quantitative estimate of drug-likeness (QED) is 0.359. The molecule has 15 heavy (non-hydrogen) atoms. The Balaban J connectivity index is 3.55. The van der Waals surface area contributed by atoms with Gasteiger partial charge in [0.1, 0.15) is 0 Å². The largest absolute Gasteiger partial charge is 0.418 e. The van der Waals surface area contributed by atoms with E-state index in [1.54, 1.807) is 0 Å². The summed E-state index contributed by atoms with van der Waals surface area (Å²) in [6.07, 6.45) is 6.49. The van der Waals surface area contributed by atoms with E-state index in [4.69, 9.17) is 4.43 Å². The first-order valence-corrected chi connectivity index (χ1v) is 9.97. The molecule has 0 radical (unpaired) electrons. The van der Waals surface area contributed by atoms with Crippen LogP contribution in [-0.4, -0.2) is 20.2 Å². The van der Waals surface area contributed by atoms with Crippen molar-refractivity contribution >= 4 is 20.9 Å². The lowest BCUT2D eigenvalue weighted by molar-refractivity contribution is 0.327. The van der Waals surface area contributed by atoms with E-state index in [0.29, 0.717) is 5.25 Å². The van der Waals surface area contributed by atoms with Crippen molar-refractivity contribution in [3.63, 3.8) is 0 Å². The molecule has 3 heteroatoms. The molecule has 0 saturated heterocycles. The molecule has 0 fully saturated rings. The predicted octanol–water partition coefficient (Wildman–Crippen LogP) is 4.50. The van der Waals surface area contributed by atoms with Crippen LogP contribution in [0.15, 0.2) is 0 Å². The van der Waals surface area contributed by atoms with E-state index in [-0.39, 0.29) is 0 Å². The molecular formula is C12H28OSSi. The van der Waals surface area contributed by atoms with Crippen LogP contribution in [0.25, 0.3) is 0 Å². The van der Waals surface area contributed by atoms with Crippen LogP contribution < -0.4 is 0 Å². The molecule has 0 saturated carbocycles. The van der Waals surface area contributed by atoms with Gasteiger partial charge in [-0.15, -0.1) is 0 Å². The minimum absolute atomic E-state index is 0.587. The van der Waals surface area contributed by atoms with Crippen molar-refractivity contribution in [2.45, 2.75) is 70.3 Å². The normalized spacial score (nSPS) is 14.2. The third-order valence-corrected chi connectivity index (χ3v) is 5.83. The zero-order valence-electron chi connectivity index (χ0n) is 10.9. The van der Waals surface area contributed by atoms with Gasteiger partial charge in [0.2, 0.25) is 0 Å². The lowest BCUT2D eigenvalue weighted by atomic mass is 10.1. The first-order valence-electron chi connectivity index (χ1n) is 6.34. The molecule has 0 amide bonds. The van der Waals surface area contributed by atoms with E-state index < -0.39 is 8.32 Å². The highest BCUT2D eigenvalue weighted by Gasteiger charge is 2.22. The second-order valence-corrected chi connectivity index (χ2v) is 9.92. The molecule has 0 aromatic heterocycles. The zero-order valence-corrected chi connectivity index (χ0v) is 12.8. The average molecular weight is 249 g/mol. The third-order valence-electron chi connectivity index (χ3n) is 2.76. The summed E-state index contributed by atoms with van der Waals surface area (Å²) in [5.74, 6) is 0. The summed E-state index contributed by atoms with van der Waals surface area (Å²) in [5, 5.41) is 0.587. The highest BCUT2D eigenvalue weighted by atomic mass is 32.1. The maximum atomic E-state index is 5.81. The second-order valence-electron chi connectivity index (χ2n) is 4.88. The van der Waals surface area contributed by atoms with Crippen molar-refractivity contribution in [1.82, 2.24) is 0 Å². The molecule has 92 valence electrons. The molecule has 0 rings (SSSR count). The monoisotopic (exact) mass is 248 g/mol. The van der Waals surface area contributed by atoms with Crippen molar-refractivity contribution in [2.24, 2.45) is 0 Å². The van der Waals surface area contributed by atoms with Gasteiger partial charge in [0.15, 0.2) is 8.32 Å². The van der Waals surface area contributed by atoms with E-state index >= 15 is 0 Å². The number of hydrogen-bond acceptors (Lipinski definition) is 2. The van der Waals surface area contributed by atoms with Crippen LogP contribution >= 0.6 is 12.6 Å². The van der Waals surface area contributed by atoms with E-state index in [9.17, 15) is 0 Å². The fourth-order valence-corrected chi connectivity index (χ4v) is 4.28. The molecule has 0 heterocycles. The van der Waals surface area contributed by atoms with Gasteiger partial charge in [-0.05, 0) is 38.9 Å². The first-order chi connectivity index (χ1) is 7.02. The fourth-order valence-electron chi connectivity index (χ4n) is 1.75. The van der Waals surface area contributed by atoms with Gasteiger partial charge in [0, 0.05) is 11.9 Å². The second kappa shape index (κ2) is 8.65. The van der Waals surface area contributed by atoms with Crippen LogP contribution in [0.4, 0.5) is 0 Å². The fraction of sp³-hybridized carbons (Fsp3) is 1.00. The Morgan fingerprint density at radius 1 is 1.13 bits per heavy atom. The Labute approximate surface area is 103 Å². The van der Waals surface area contributed by atoms with Gasteiger partial charge in [0.25, 0.3) is 0 Å². The maximum absolute atomic E-state index is 5.81. The Morgan fingerprint density at radius 2 is 1.80 bits per heavy atom. The minimum Gasteiger partial charge on any atom is -0.418 e. The lowest BCUT2D eigenvalue weighted by Crippen LogP contribution is -2.30. The van der Waals surface area contributed by atoms with Gasteiger partial charge in [-0.2, -0.15) is 12.6 Å². The molecule has 0 aromatic carbocycles. The summed E-state index contributed by atoms with van der Waals surface area (Å²) in [6.45, 7) is 9.82. The van der Waals surface area contributed by atoms with Gasteiger partial charge < -0.3 is 4.43 Å². The average Bonchev–Trinajstić information content (AvgIpc) is 2.15. The summed E-state index contributed by atoms with van der Waals surface area (Å²) >= 11 is 4.65. The van der Waals surface area contributed by atoms with Crippen LogP contribution in [0, 0.1) is 0 Å². The zero-order chi connectivity index (χ0) is 11.7. The van der Waals surface area contributed by atoms with Crippen LogP contribution in [0.2, 0.25) is 19.1 Å².